The number of anilines is 1. The van der Waals surface area contributed by atoms with E-state index in [0.29, 0.717) is 19.5 Å². The van der Waals surface area contributed by atoms with Crippen molar-refractivity contribution in [3.8, 4) is 0 Å². The van der Waals surface area contributed by atoms with Crippen molar-refractivity contribution in [2.24, 2.45) is 0 Å². The molecule has 29 heavy (non-hydrogen) atoms. The number of hydrogen-bond acceptors (Lipinski definition) is 5. The summed E-state index contributed by atoms with van der Waals surface area (Å²) in [4.78, 5) is 28.5. The Bertz CT molecular complexity index is 636. The Morgan fingerprint density at radius 3 is 2.10 bits per heavy atom. The summed E-state index contributed by atoms with van der Waals surface area (Å²) < 4.78 is 5.29. The summed E-state index contributed by atoms with van der Waals surface area (Å²) >= 11 is 0. The molecule has 1 aromatic carbocycles. The molecule has 0 atom stereocenters. The van der Waals surface area contributed by atoms with Crippen LogP contribution >= 0.6 is 0 Å². The Morgan fingerprint density at radius 1 is 0.828 bits per heavy atom. The third-order valence-electron chi connectivity index (χ3n) is 5.63. The second kappa shape index (κ2) is 11.8. The van der Waals surface area contributed by atoms with Gasteiger partial charge in [0, 0.05) is 51.5 Å². The first-order valence-corrected chi connectivity index (χ1v) is 10.9. The van der Waals surface area contributed by atoms with E-state index >= 15 is 0 Å². The molecule has 2 aliphatic heterocycles. The zero-order valence-corrected chi connectivity index (χ0v) is 17.3. The smallest absolute Gasteiger partial charge is 0.309 e. The highest BCUT2D eigenvalue weighted by atomic mass is 16.5. The molecule has 7 nitrogen and oxygen atoms in total. The molecule has 0 aliphatic carbocycles. The lowest BCUT2D eigenvalue weighted by atomic mass is 10.1. The number of rotatable bonds is 7. The Kier molecular flexibility index (Phi) is 8.77. The van der Waals surface area contributed by atoms with E-state index in [1.165, 1.54) is 31.4 Å². The van der Waals surface area contributed by atoms with Crippen molar-refractivity contribution in [1.82, 2.24) is 15.5 Å². The molecule has 0 radical (unpaired) electrons. The van der Waals surface area contributed by atoms with Crippen molar-refractivity contribution >= 4 is 17.5 Å². The predicted octanol–water partition coefficient (Wildman–Crippen LogP) is 1.17. The first kappa shape index (κ1) is 21.6. The number of benzene rings is 1. The monoisotopic (exact) mass is 402 g/mol. The molecule has 0 unspecified atom stereocenters. The zero-order chi connectivity index (χ0) is 20.3. The number of hydrogen-bond donors (Lipinski definition) is 2. The molecule has 1 aromatic rings. The molecule has 2 saturated heterocycles. The highest BCUT2D eigenvalue weighted by Crippen LogP contribution is 2.20. The molecule has 160 valence electrons. The maximum absolute atomic E-state index is 11.9. The first-order chi connectivity index (χ1) is 14.2. The standard InChI is InChI=1S/C22H34N4O3/c27-21(22(28)24-11-14-25-15-17-29-18-16-25)23-10-9-19-5-7-20(8-6-19)26-12-3-1-2-4-13-26/h5-8H,1-4,9-18H2,(H,23,27)(H,24,28). The summed E-state index contributed by atoms with van der Waals surface area (Å²) in [7, 11) is 0. The number of nitrogens with zero attached hydrogens (tertiary/aromatic N) is 2. The van der Waals surface area contributed by atoms with Gasteiger partial charge in [-0.1, -0.05) is 25.0 Å². The van der Waals surface area contributed by atoms with Crippen LogP contribution in [0.3, 0.4) is 0 Å². The number of ether oxygens (including phenoxy) is 1. The Labute approximate surface area is 173 Å². The summed E-state index contributed by atoms with van der Waals surface area (Å²) in [6.07, 6.45) is 5.90. The number of nitrogens with one attached hydrogen (secondary N) is 2. The van der Waals surface area contributed by atoms with Crippen LogP contribution < -0.4 is 15.5 Å². The molecule has 2 fully saturated rings. The van der Waals surface area contributed by atoms with Crippen molar-refractivity contribution in [3.63, 3.8) is 0 Å². The van der Waals surface area contributed by atoms with Gasteiger partial charge in [0.25, 0.3) is 0 Å². The molecule has 2 heterocycles. The molecule has 7 heteroatoms. The topological polar surface area (TPSA) is 73.9 Å². The average Bonchev–Trinajstić information content (AvgIpc) is 3.04. The molecule has 0 saturated carbocycles. The van der Waals surface area contributed by atoms with Gasteiger partial charge in [-0.25, -0.2) is 0 Å². The fraction of sp³-hybridized carbons (Fsp3) is 0.636. The molecule has 0 bridgehead atoms. The van der Waals surface area contributed by atoms with Crippen LogP contribution in [0.2, 0.25) is 0 Å². The van der Waals surface area contributed by atoms with Gasteiger partial charge in [-0.15, -0.1) is 0 Å². The van der Waals surface area contributed by atoms with E-state index in [9.17, 15) is 9.59 Å². The van der Waals surface area contributed by atoms with E-state index in [2.05, 4.69) is 44.7 Å². The average molecular weight is 403 g/mol. The molecular weight excluding hydrogens is 368 g/mol. The number of amides is 2. The quantitative estimate of drug-likeness (QED) is 0.670. The zero-order valence-electron chi connectivity index (χ0n) is 17.3. The first-order valence-electron chi connectivity index (χ1n) is 10.9. The molecule has 2 aliphatic rings. The predicted molar refractivity (Wildman–Crippen MR) is 114 cm³/mol. The SMILES string of the molecule is O=C(NCCc1ccc(N2CCCCCC2)cc1)C(=O)NCCN1CCOCC1. The van der Waals surface area contributed by atoms with Crippen LogP contribution in [0.5, 0.6) is 0 Å². The number of carbonyl (C=O) groups excluding carboxylic acids is 2. The lowest BCUT2D eigenvalue weighted by molar-refractivity contribution is -0.139. The van der Waals surface area contributed by atoms with Gasteiger partial charge in [-0.2, -0.15) is 0 Å². The Morgan fingerprint density at radius 2 is 1.45 bits per heavy atom. The van der Waals surface area contributed by atoms with Crippen LogP contribution in [0.15, 0.2) is 24.3 Å². The summed E-state index contributed by atoms with van der Waals surface area (Å²) in [5.41, 5.74) is 2.44. The van der Waals surface area contributed by atoms with Gasteiger partial charge in [0.2, 0.25) is 0 Å². The van der Waals surface area contributed by atoms with E-state index in [-0.39, 0.29) is 0 Å². The molecule has 0 spiro atoms. The van der Waals surface area contributed by atoms with Crippen molar-refractivity contribution in [2.45, 2.75) is 32.1 Å². The molecular formula is C22H34N4O3. The van der Waals surface area contributed by atoms with Gasteiger partial charge in [-0.05, 0) is 37.0 Å². The van der Waals surface area contributed by atoms with Crippen molar-refractivity contribution < 1.29 is 14.3 Å². The normalized spacial score (nSPS) is 18.1. The van der Waals surface area contributed by atoms with Gasteiger partial charge >= 0.3 is 11.8 Å². The van der Waals surface area contributed by atoms with Crippen LogP contribution in [0.4, 0.5) is 5.69 Å². The van der Waals surface area contributed by atoms with Gasteiger partial charge in [-0.3, -0.25) is 14.5 Å². The van der Waals surface area contributed by atoms with E-state index < -0.39 is 11.8 Å². The van der Waals surface area contributed by atoms with Crippen LogP contribution in [0, 0.1) is 0 Å². The summed E-state index contributed by atoms with van der Waals surface area (Å²) in [6, 6.07) is 8.57. The molecule has 0 aromatic heterocycles. The number of carbonyl (C=O) groups is 2. The maximum atomic E-state index is 11.9. The molecule has 2 N–H and O–H groups in total. The summed E-state index contributed by atoms with van der Waals surface area (Å²) in [6.45, 7) is 7.15. The summed E-state index contributed by atoms with van der Waals surface area (Å²) in [5, 5.41) is 5.40. The fourth-order valence-electron chi connectivity index (χ4n) is 3.84. The Balaban J connectivity index is 1.32. The van der Waals surface area contributed by atoms with Gasteiger partial charge in [0.1, 0.15) is 0 Å². The minimum absolute atomic E-state index is 0.457. The largest absolute Gasteiger partial charge is 0.379 e. The van der Waals surface area contributed by atoms with Crippen LogP contribution in [-0.2, 0) is 20.7 Å². The van der Waals surface area contributed by atoms with Crippen molar-refractivity contribution in [1.29, 1.82) is 0 Å². The minimum atomic E-state index is -0.562. The van der Waals surface area contributed by atoms with E-state index in [0.717, 1.165) is 51.5 Å². The van der Waals surface area contributed by atoms with E-state index in [4.69, 9.17) is 4.74 Å². The van der Waals surface area contributed by atoms with E-state index in [1.54, 1.807) is 0 Å². The molecule has 2 amide bonds. The van der Waals surface area contributed by atoms with Crippen LogP contribution in [0.1, 0.15) is 31.2 Å². The summed E-state index contributed by atoms with van der Waals surface area (Å²) in [5.74, 6) is -1.12. The Hall–Kier alpha value is -2.12. The van der Waals surface area contributed by atoms with Crippen molar-refractivity contribution in [3.05, 3.63) is 29.8 Å². The fourth-order valence-corrected chi connectivity index (χ4v) is 3.84. The number of morpholine rings is 1. The highest BCUT2D eigenvalue weighted by molar-refractivity contribution is 6.35. The van der Waals surface area contributed by atoms with Gasteiger partial charge in [0.05, 0.1) is 13.2 Å². The lowest BCUT2D eigenvalue weighted by Gasteiger charge is -2.26. The van der Waals surface area contributed by atoms with Crippen molar-refractivity contribution in [2.75, 3.05) is 63.9 Å². The van der Waals surface area contributed by atoms with E-state index in [1.807, 2.05) is 0 Å². The second-order valence-electron chi connectivity index (χ2n) is 7.78. The second-order valence-corrected chi connectivity index (χ2v) is 7.78. The minimum Gasteiger partial charge on any atom is -0.379 e. The van der Waals surface area contributed by atoms with Gasteiger partial charge < -0.3 is 20.3 Å². The van der Waals surface area contributed by atoms with Crippen LogP contribution in [0.25, 0.3) is 0 Å². The lowest BCUT2D eigenvalue weighted by Crippen LogP contribution is -2.45. The third kappa shape index (κ3) is 7.33. The highest BCUT2D eigenvalue weighted by Gasteiger charge is 2.14. The molecule has 3 rings (SSSR count). The third-order valence-corrected chi connectivity index (χ3v) is 5.63. The van der Waals surface area contributed by atoms with Crippen LogP contribution in [-0.4, -0.2) is 75.7 Å². The van der Waals surface area contributed by atoms with Gasteiger partial charge in [0.15, 0.2) is 0 Å². The maximum Gasteiger partial charge on any atom is 0.309 e.